The Morgan fingerprint density at radius 2 is 1.94 bits per heavy atom. The fourth-order valence-corrected chi connectivity index (χ4v) is 5.03. The molecule has 1 saturated carbocycles. The average molecular weight is 443 g/mol. The maximum Gasteiger partial charge on any atom is 0.242 e. The van der Waals surface area contributed by atoms with E-state index in [2.05, 4.69) is 11.4 Å². The molecule has 2 heterocycles. The Balaban J connectivity index is 1.52. The molecule has 2 aliphatic rings. The molecule has 0 spiro atoms. The van der Waals surface area contributed by atoms with Crippen LogP contribution in [0.4, 0.5) is 0 Å². The lowest BCUT2D eigenvalue weighted by Crippen LogP contribution is -2.49. The van der Waals surface area contributed by atoms with E-state index in [9.17, 15) is 9.59 Å². The highest BCUT2D eigenvalue weighted by Gasteiger charge is 2.38. The monoisotopic (exact) mass is 442 g/mol. The van der Waals surface area contributed by atoms with E-state index < -0.39 is 0 Å². The van der Waals surface area contributed by atoms with Gasteiger partial charge in [-0.1, -0.05) is 12.1 Å². The van der Waals surface area contributed by atoms with E-state index in [0.717, 1.165) is 24.8 Å². The van der Waals surface area contributed by atoms with Crippen molar-refractivity contribution >= 4 is 23.2 Å². The average Bonchev–Trinajstić information content (AvgIpc) is 3.51. The van der Waals surface area contributed by atoms with Gasteiger partial charge in [-0.2, -0.15) is 0 Å². The molecule has 2 aromatic rings. The van der Waals surface area contributed by atoms with E-state index in [-0.39, 0.29) is 36.4 Å². The summed E-state index contributed by atoms with van der Waals surface area (Å²) in [6, 6.07) is 9.44. The van der Waals surface area contributed by atoms with Crippen molar-refractivity contribution in [3.05, 3.63) is 46.2 Å². The first-order valence-electron chi connectivity index (χ1n) is 10.9. The molecule has 0 radical (unpaired) electrons. The number of rotatable bonds is 8. The van der Waals surface area contributed by atoms with Gasteiger partial charge in [-0.05, 0) is 62.3 Å². The van der Waals surface area contributed by atoms with E-state index >= 15 is 0 Å². The molecule has 0 saturated heterocycles. The van der Waals surface area contributed by atoms with Gasteiger partial charge in [-0.15, -0.1) is 11.3 Å². The summed E-state index contributed by atoms with van der Waals surface area (Å²) in [6.07, 6.45) is 2.71. The minimum absolute atomic E-state index is 0.00169. The number of hydrogen-bond donors (Lipinski definition) is 0. The van der Waals surface area contributed by atoms with Crippen molar-refractivity contribution < 1.29 is 19.1 Å². The van der Waals surface area contributed by atoms with Crippen molar-refractivity contribution in [3.8, 4) is 11.5 Å². The van der Waals surface area contributed by atoms with E-state index in [1.54, 1.807) is 23.3 Å². The van der Waals surface area contributed by atoms with Gasteiger partial charge in [0, 0.05) is 23.4 Å². The summed E-state index contributed by atoms with van der Waals surface area (Å²) in [5.74, 6) is 1.52. The number of amides is 2. The fraction of sp³-hybridized carbons (Fsp3) is 0.500. The lowest BCUT2D eigenvalue weighted by atomic mass is 10.00. The largest absolute Gasteiger partial charge is 0.493 e. The summed E-state index contributed by atoms with van der Waals surface area (Å²) in [7, 11) is 1.62. The molecule has 7 heteroatoms. The summed E-state index contributed by atoms with van der Waals surface area (Å²) in [5.41, 5.74) is 1.14. The van der Waals surface area contributed by atoms with E-state index in [1.165, 1.54) is 4.88 Å². The zero-order chi connectivity index (χ0) is 22.0. The van der Waals surface area contributed by atoms with Gasteiger partial charge in [0.1, 0.15) is 13.2 Å². The Bertz CT molecular complexity index is 937. The van der Waals surface area contributed by atoms with Crippen molar-refractivity contribution in [1.82, 2.24) is 9.80 Å². The number of methoxy groups -OCH3 is 1. The molecule has 1 aromatic carbocycles. The van der Waals surface area contributed by atoms with Crippen LogP contribution in [0.3, 0.4) is 0 Å². The Morgan fingerprint density at radius 3 is 2.61 bits per heavy atom. The van der Waals surface area contributed by atoms with Crippen LogP contribution in [-0.4, -0.2) is 54.5 Å². The molecule has 1 aliphatic heterocycles. The number of para-hydroxylation sites is 2. The summed E-state index contributed by atoms with van der Waals surface area (Å²) < 4.78 is 11.5. The van der Waals surface area contributed by atoms with E-state index in [4.69, 9.17) is 9.47 Å². The third-order valence-electron chi connectivity index (χ3n) is 6.02. The molecule has 0 bridgehead atoms. The molecule has 31 heavy (non-hydrogen) atoms. The maximum absolute atomic E-state index is 13.4. The number of carbonyl (C=O) groups is 2. The van der Waals surface area contributed by atoms with Gasteiger partial charge in [-0.25, -0.2) is 0 Å². The van der Waals surface area contributed by atoms with Crippen molar-refractivity contribution in [3.63, 3.8) is 0 Å². The smallest absolute Gasteiger partial charge is 0.242 e. The molecule has 1 aliphatic carbocycles. The third kappa shape index (κ3) is 4.71. The van der Waals surface area contributed by atoms with E-state index in [0.29, 0.717) is 24.7 Å². The van der Waals surface area contributed by atoms with Gasteiger partial charge in [0.05, 0.1) is 13.2 Å². The highest BCUT2D eigenvalue weighted by atomic mass is 32.1. The first-order chi connectivity index (χ1) is 15.0. The minimum Gasteiger partial charge on any atom is -0.493 e. The summed E-state index contributed by atoms with van der Waals surface area (Å²) >= 11 is 1.73. The van der Waals surface area contributed by atoms with Gasteiger partial charge < -0.3 is 19.3 Å². The standard InChI is InChI=1S/C24H30N2O4S/c1-16(2)26(24(28)17-8-9-17)14-23(27)25-12-10-22-18(11-13-31-22)19(25)15-30-21-7-5-4-6-20(21)29-3/h4-7,11,13,16-17,19H,8-10,12,14-15H2,1-3H3/t19-/m1/s1. The second-order valence-electron chi connectivity index (χ2n) is 8.45. The van der Waals surface area contributed by atoms with Crippen LogP contribution in [0, 0.1) is 5.92 Å². The fourth-order valence-electron chi connectivity index (χ4n) is 4.10. The van der Waals surface area contributed by atoms with Crippen LogP contribution in [0.15, 0.2) is 35.7 Å². The zero-order valence-corrected chi connectivity index (χ0v) is 19.2. The predicted octanol–water partition coefficient (Wildman–Crippen LogP) is 3.91. The quantitative estimate of drug-likeness (QED) is 0.622. The van der Waals surface area contributed by atoms with Crippen LogP contribution in [0.25, 0.3) is 0 Å². The number of hydrogen-bond acceptors (Lipinski definition) is 5. The van der Waals surface area contributed by atoms with Gasteiger partial charge in [0.2, 0.25) is 11.8 Å². The van der Waals surface area contributed by atoms with Gasteiger partial charge in [-0.3, -0.25) is 9.59 Å². The molecule has 0 N–H and O–H groups in total. The predicted molar refractivity (Wildman–Crippen MR) is 121 cm³/mol. The minimum atomic E-state index is -0.183. The molecule has 2 amide bonds. The lowest BCUT2D eigenvalue weighted by Gasteiger charge is -2.37. The zero-order valence-electron chi connectivity index (χ0n) is 18.4. The van der Waals surface area contributed by atoms with Crippen molar-refractivity contribution in [2.24, 2.45) is 5.92 Å². The first-order valence-corrected chi connectivity index (χ1v) is 11.8. The van der Waals surface area contributed by atoms with Crippen LogP contribution in [0.1, 0.15) is 43.2 Å². The number of ether oxygens (including phenoxy) is 2. The molecule has 4 rings (SSSR count). The van der Waals surface area contributed by atoms with Crippen molar-refractivity contribution in [1.29, 1.82) is 0 Å². The molecule has 1 atom stereocenters. The van der Waals surface area contributed by atoms with Gasteiger partial charge in [0.15, 0.2) is 11.5 Å². The molecular formula is C24H30N2O4S. The lowest BCUT2D eigenvalue weighted by molar-refractivity contribution is -0.144. The van der Waals surface area contributed by atoms with Crippen molar-refractivity contribution in [2.45, 2.75) is 45.2 Å². The van der Waals surface area contributed by atoms with Crippen LogP contribution >= 0.6 is 11.3 Å². The Kier molecular flexibility index (Phi) is 6.51. The number of benzene rings is 1. The highest BCUT2D eigenvalue weighted by molar-refractivity contribution is 7.10. The van der Waals surface area contributed by atoms with Crippen LogP contribution < -0.4 is 9.47 Å². The normalized spacial score (nSPS) is 17.9. The number of fused-ring (bicyclic) bond motifs is 1. The topological polar surface area (TPSA) is 59.1 Å². The SMILES string of the molecule is COc1ccccc1OC[C@@H]1c2ccsc2CCN1C(=O)CN(C(=O)C1CC1)C(C)C. The third-order valence-corrected chi connectivity index (χ3v) is 7.02. The summed E-state index contributed by atoms with van der Waals surface area (Å²) in [4.78, 5) is 31.0. The highest BCUT2D eigenvalue weighted by Crippen LogP contribution is 2.36. The number of thiophene rings is 1. The van der Waals surface area contributed by atoms with E-state index in [1.807, 2.05) is 43.0 Å². The maximum atomic E-state index is 13.4. The van der Waals surface area contributed by atoms with Gasteiger partial charge in [0.25, 0.3) is 0 Å². The second-order valence-corrected chi connectivity index (χ2v) is 9.45. The molecule has 166 valence electrons. The number of carbonyl (C=O) groups excluding carboxylic acids is 2. The van der Waals surface area contributed by atoms with Crippen molar-refractivity contribution in [2.75, 3.05) is 26.8 Å². The Morgan fingerprint density at radius 1 is 1.19 bits per heavy atom. The second kappa shape index (κ2) is 9.30. The Hall–Kier alpha value is -2.54. The van der Waals surface area contributed by atoms with Crippen LogP contribution in [0.2, 0.25) is 0 Å². The molecule has 6 nitrogen and oxygen atoms in total. The molecule has 1 aromatic heterocycles. The molecular weight excluding hydrogens is 412 g/mol. The summed E-state index contributed by atoms with van der Waals surface area (Å²) in [5, 5.41) is 2.08. The van der Waals surface area contributed by atoms with Gasteiger partial charge >= 0.3 is 0 Å². The number of nitrogens with zero attached hydrogens (tertiary/aromatic N) is 2. The summed E-state index contributed by atoms with van der Waals surface area (Å²) in [6.45, 7) is 5.05. The molecule has 0 unspecified atom stereocenters. The Labute approximate surface area is 187 Å². The van der Waals surface area contributed by atoms with Crippen LogP contribution in [-0.2, 0) is 16.0 Å². The van der Waals surface area contributed by atoms with Crippen LogP contribution in [0.5, 0.6) is 11.5 Å². The molecule has 1 fully saturated rings. The first kappa shape index (κ1) is 21.7.